The van der Waals surface area contributed by atoms with Crippen LogP contribution in [0.25, 0.3) is 0 Å². The fourth-order valence-electron chi connectivity index (χ4n) is 5.31. The fourth-order valence-corrected chi connectivity index (χ4v) is 11.9. The predicted octanol–water partition coefficient (Wildman–Crippen LogP) is 5.75. The van der Waals surface area contributed by atoms with Crippen molar-refractivity contribution in [3.63, 3.8) is 0 Å². The molecule has 3 heteroatoms. The molecule has 0 atom stereocenters. The van der Waals surface area contributed by atoms with Gasteiger partial charge in [0.2, 0.25) is 0 Å². The minimum atomic E-state index is -3.39. The number of fused-ring (bicyclic) bond motifs is 4. The number of rotatable bonds is 2. The molecule has 0 amide bonds. The van der Waals surface area contributed by atoms with E-state index in [0.29, 0.717) is 0 Å². The molecule has 0 N–H and O–H groups in total. The second-order valence-electron chi connectivity index (χ2n) is 9.01. The van der Waals surface area contributed by atoms with Crippen LogP contribution in [-0.4, -0.2) is 0 Å². The molecule has 0 bridgehead atoms. The molecule has 3 aromatic carbocycles. The first-order valence-corrected chi connectivity index (χ1v) is 12.2. The molecule has 0 radical (unpaired) electrons. The maximum absolute atomic E-state index is 7.23. The Morgan fingerprint density at radius 1 is 0.607 bits per heavy atom. The van der Waals surface area contributed by atoms with Gasteiger partial charge in [-0.2, -0.15) is 0 Å². The zero-order valence-corrected chi connectivity index (χ0v) is 17.9. The van der Waals surface area contributed by atoms with Crippen molar-refractivity contribution < 1.29 is 9.05 Å². The molecule has 0 fully saturated rings. The van der Waals surface area contributed by atoms with Crippen LogP contribution >= 0.6 is 7.06 Å². The third kappa shape index (κ3) is 2.20. The molecule has 5 rings (SSSR count). The van der Waals surface area contributed by atoms with Crippen LogP contribution in [0.1, 0.15) is 44.4 Å². The van der Waals surface area contributed by atoms with Crippen LogP contribution in [0.5, 0.6) is 0 Å². The van der Waals surface area contributed by atoms with E-state index < -0.39 is 18.3 Å². The average molecular weight is 390 g/mol. The van der Waals surface area contributed by atoms with E-state index in [9.17, 15) is 0 Å². The van der Waals surface area contributed by atoms with Crippen LogP contribution in [0.3, 0.4) is 0 Å². The van der Waals surface area contributed by atoms with E-state index in [-0.39, 0.29) is 0 Å². The van der Waals surface area contributed by atoms with Crippen molar-refractivity contribution in [1.29, 1.82) is 0 Å². The van der Waals surface area contributed by atoms with Crippen LogP contribution in [-0.2, 0) is 26.4 Å². The zero-order valence-electron chi connectivity index (χ0n) is 17.0. The van der Waals surface area contributed by atoms with Crippen molar-refractivity contribution in [1.82, 2.24) is 0 Å². The van der Waals surface area contributed by atoms with Gasteiger partial charge in [0.1, 0.15) is 0 Å². The molecule has 3 aromatic rings. The number of hydrogen-bond donors (Lipinski definition) is 0. The van der Waals surface area contributed by atoms with Crippen LogP contribution in [0.2, 0.25) is 0 Å². The number of hydrogen-bond acceptors (Lipinski definition) is 2. The topological polar surface area (TPSA) is 18.5 Å². The molecule has 28 heavy (non-hydrogen) atoms. The Morgan fingerprint density at radius 3 is 1.54 bits per heavy atom. The Morgan fingerprint density at radius 2 is 1.04 bits per heavy atom. The Hall–Kier alpha value is -1.99. The molecular weight excluding hydrogens is 363 g/mol. The molecule has 1 spiro atoms. The molecule has 0 saturated heterocycles. The van der Waals surface area contributed by atoms with Gasteiger partial charge in [0.15, 0.2) is 0 Å². The summed E-state index contributed by atoms with van der Waals surface area (Å²) in [5.74, 6) is 0. The maximum atomic E-state index is 7.23. The summed E-state index contributed by atoms with van der Waals surface area (Å²) in [4.78, 5) is 0. The Balaban J connectivity index is 1.90. The van der Waals surface area contributed by atoms with Gasteiger partial charge < -0.3 is 0 Å². The van der Waals surface area contributed by atoms with Gasteiger partial charge >= 0.3 is 167 Å². The van der Waals surface area contributed by atoms with Crippen molar-refractivity contribution in [2.75, 3.05) is 0 Å². The normalized spacial score (nSPS) is 23.5. The van der Waals surface area contributed by atoms with Gasteiger partial charge in [-0.1, -0.05) is 0 Å². The fraction of sp³-hybridized carbons (Fsp3) is 0.280. The minimum absolute atomic E-state index is 0.406. The molecule has 2 aliphatic rings. The first kappa shape index (κ1) is 18.1. The summed E-state index contributed by atoms with van der Waals surface area (Å²) in [6.45, 7) is 8.70. The van der Waals surface area contributed by atoms with Crippen LogP contribution in [0, 0.1) is 0 Å². The van der Waals surface area contributed by atoms with E-state index >= 15 is 0 Å². The van der Waals surface area contributed by atoms with Gasteiger partial charge in [-0.3, -0.25) is 0 Å². The third-order valence-electron chi connectivity index (χ3n) is 6.24. The summed E-state index contributed by atoms with van der Waals surface area (Å²) >= 11 is 0. The predicted molar refractivity (Wildman–Crippen MR) is 117 cm³/mol. The van der Waals surface area contributed by atoms with Gasteiger partial charge in [0.05, 0.1) is 0 Å². The van der Waals surface area contributed by atoms with E-state index in [4.69, 9.17) is 9.05 Å². The molecule has 0 saturated carbocycles. The van der Waals surface area contributed by atoms with Gasteiger partial charge in [-0.25, -0.2) is 0 Å². The second kappa shape index (κ2) is 5.54. The Kier molecular flexibility index (Phi) is 3.57. The summed E-state index contributed by atoms with van der Waals surface area (Å²) in [5.41, 5.74) is 2.93. The summed E-state index contributed by atoms with van der Waals surface area (Å²) in [7, 11) is -3.39. The summed E-state index contributed by atoms with van der Waals surface area (Å²) in [5, 5.41) is 2.50. The molecule has 2 aliphatic heterocycles. The average Bonchev–Trinajstić information content (AvgIpc) is 3.00. The van der Waals surface area contributed by atoms with Gasteiger partial charge in [0.25, 0.3) is 0 Å². The SMILES string of the molecule is CC1(C)OP2(Cc3ccccc3)(OC(C)(C)c3ccccc32)c2ccccc21. The summed E-state index contributed by atoms with van der Waals surface area (Å²) < 4.78 is 14.5. The zero-order chi connectivity index (χ0) is 19.6. The standard InChI is InChI=1S/C25H27O2P/c1-24(2)20-14-8-10-16-22(20)28(26-24,18-19-12-6-5-7-13-19)23-17-11-9-15-21(23)25(3,4)27-28/h5-17H,18H2,1-4H3. The first-order chi connectivity index (χ1) is 13.3. The van der Waals surface area contributed by atoms with Crippen LogP contribution in [0.15, 0.2) is 78.9 Å². The van der Waals surface area contributed by atoms with Crippen molar-refractivity contribution in [2.45, 2.75) is 45.1 Å². The van der Waals surface area contributed by atoms with Crippen molar-refractivity contribution in [3.05, 3.63) is 95.6 Å². The van der Waals surface area contributed by atoms with Crippen LogP contribution in [0.4, 0.5) is 0 Å². The summed E-state index contributed by atoms with van der Waals surface area (Å²) in [6, 6.07) is 28.0. The molecule has 2 heterocycles. The van der Waals surface area contributed by atoms with Crippen molar-refractivity contribution in [2.24, 2.45) is 0 Å². The van der Waals surface area contributed by atoms with Gasteiger partial charge in [0, 0.05) is 0 Å². The molecule has 144 valence electrons. The van der Waals surface area contributed by atoms with E-state index in [1.807, 2.05) is 0 Å². The molecule has 0 aliphatic carbocycles. The van der Waals surface area contributed by atoms with Crippen molar-refractivity contribution >= 4 is 17.7 Å². The number of benzene rings is 3. The van der Waals surface area contributed by atoms with Crippen LogP contribution < -0.4 is 10.6 Å². The summed E-state index contributed by atoms with van der Waals surface area (Å²) in [6.07, 6.45) is 0.757. The molecule has 0 unspecified atom stereocenters. The second-order valence-corrected chi connectivity index (χ2v) is 12.9. The van der Waals surface area contributed by atoms with E-state index in [2.05, 4.69) is 107 Å². The van der Waals surface area contributed by atoms with E-state index in [0.717, 1.165) is 6.16 Å². The van der Waals surface area contributed by atoms with E-state index in [1.165, 1.54) is 27.3 Å². The van der Waals surface area contributed by atoms with Gasteiger partial charge in [-0.15, -0.1) is 0 Å². The van der Waals surface area contributed by atoms with Gasteiger partial charge in [-0.05, 0) is 0 Å². The molecule has 0 aromatic heterocycles. The molecule has 2 nitrogen and oxygen atoms in total. The quantitative estimate of drug-likeness (QED) is 0.519. The van der Waals surface area contributed by atoms with E-state index in [1.54, 1.807) is 0 Å². The third-order valence-corrected chi connectivity index (χ3v) is 11.6. The van der Waals surface area contributed by atoms with Crippen molar-refractivity contribution in [3.8, 4) is 0 Å². The monoisotopic (exact) mass is 390 g/mol. The Labute approximate surface area is 167 Å². The first-order valence-electron chi connectivity index (χ1n) is 9.96. The molecular formula is C25H27O2P. The Bertz CT molecular complexity index is 1000.